The third-order valence-corrected chi connectivity index (χ3v) is 5.20. The number of carboxylic acid groups (broad SMARTS) is 1. The molecule has 0 saturated carbocycles. The van der Waals surface area contributed by atoms with Crippen molar-refractivity contribution in [3.8, 4) is 6.07 Å². The number of H-pyrrole nitrogens is 2. The Morgan fingerprint density at radius 2 is 1.79 bits per heavy atom. The number of allylic oxidation sites excluding steroid dienone is 1. The number of rotatable bonds is 9. The quantitative estimate of drug-likeness (QED) is 0.492. The van der Waals surface area contributed by atoms with Gasteiger partial charge in [-0.1, -0.05) is 13.8 Å². The number of hydrogen-bond donors (Lipinski definition) is 4. The summed E-state index contributed by atoms with van der Waals surface area (Å²) in [4.78, 5) is 18.1. The zero-order valence-corrected chi connectivity index (χ0v) is 17.1. The van der Waals surface area contributed by atoms with Gasteiger partial charge < -0.3 is 20.2 Å². The molecule has 0 aliphatic rings. The largest absolute Gasteiger partial charge is 0.477 e. The lowest BCUT2D eigenvalue weighted by Gasteiger charge is -2.07. The Labute approximate surface area is 165 Å². The number of aromatic nitrogens is 2. The highest BCUT2D eigenvalue weighted by atomic mass is 16.4. The van der Waals surface area contributed by atoms with Gasteiger partial charge in [0.1, 0.15) is 5.69 Å². The van der Waals surface area contributed by atoms with Gasteiger partial charge in [0.2, 0.25) is 0 Å². The van der Waals surface area contributed by atoms with E-state index in [9.17, 15) is 15.0 Å². The van der Waals surface area contributed by atoms with E-state index in [1.54, 1.807) is 6.92 Å². The molecule has 2 aromatic heterocycles. The van der Waals surface area contributed by atoms with E-state index in [0.29, 0.717) is 24.8 Å². The van der Waals surface area contributed by atoms with Gasteiger partial charge in [0.15, 0.2) is 0 Å². The molecule has 0 aliphatic heterocycles. The summed E-state index contributed by atoms with van der Waals surface area (Å²) in [5.74, 6) is -0.973. The third-order valence-electron chi connectivity index (χ3n) is 5.20. The molecule has 2 aromatic rings. The standard InChI is InChI=1S/C22H29N3O3/c1-5-15-16(6-2)19(24-18(15)10-13(3)12-23)11-20-17(8-7-9-26)14(4)21(25-20)22(27)28/h10,24-26H,5-9,11H2,1-4H3,(H,27,28)/b13-10-. The number of nitrogens with one attached hydrogen (secondary N) is 2. The second kappa shape index (κ2) is 9.43. The molecule has 4 N–H and O–H groups in total. The first kappa shape index (κ1) is 21.5. The minimum Gasteiger partial charge on any atom is -0.477 e. The molecule has 0 unspecified atom stereocenters. The van der Waals surface area contributed by atoms with Crippen LogP contribution in [0.4, 0.5) is 0 Å². The number of aliphatic hydroxyl groups is 1. The van der Waals surface area contributed by atoms with Crippen molar-refractivity contribution >= 4 is 12.0 Å². The molecule has 6 nitrogen and oxygen atoms in total. The number of aromatic amines is 2. The summed E-state index contributed by atoms with van der Waals surface area (Å²) in [6.45, 7) is 7.86. The Balaban J connectivity index is 2.54. The summed E-state index contributed by atoms with van der Waals surface area (Å²) in [6.07, 6.45) is 5.36. The van der Waals surface area contributed by atoms with E-state index >= 15 is 0 Å². The Bertz CT molecular complexity index is 926. The number of carbonyl (C=O) groups is 1. The van der Waals surface area contributed by atoms with Crippen molar-refractivity contribution in [2.45, 2.75) is 59.8 Å². The number of aliphatic hydroxyl groups excluding tert-OH is 1. The summed E-state index contributed by atoms with van der Waals surface area (Å²) in [7, 11) is 0. The van der Waals surface area contributed by atoms with Crippen molar-refractivity contribution in [1.82, 2.24) is 9.97 Å². The summed E-state index contributed by atoms with van der Waals surface area (Å²) in [5.41, 5.74) is 7.83. The molecule has 0 saturated heterocycles. The van der Waals surface area contributed by atoms with Gasteiger partial charge in [0.25, 0.3) is 0 Å². The third kappa shape index (κ3) is 4.37. The predicted octanol–water partition coefficient (Wildman–Crippen LogP) is 3.92. The molecule has 6 heteroatoms. The first-order chi connectivity index (χ1) is 13.4. The van der Waals surface area contributed by atoms with Crippen molar-refractivity contribution in [3.63, 3.8) is 0 Å². The summed E-state index contributed by atoms with van der Waals surface area (Å²) in [5, 5.41) is 27.8. The molecule has 2 heterocycles. The minimum atomic E-state index is -0.973. The fourth-order valence-electron chi connectivity index (χ4n) is 3.84. The van der Waals surface area contributed by atoms with Crippen molar-refractivity contribution in [2.75, 3.05) is 6.61 Å². The molecule has 150 valence electrons. The Morgan fingerprint density at radius 3 is 2.32 bits per heavy atom. The van der Waals surface area contributed by atoms with E-state index in [1.807, 2.05) is 13.0 Å². The molecule has 0 radical (unpaired) electrons. The smallest absolute Gasteiger partial charge is 0.352 e. The van der Waals surface area contributed by atoms with E-state index in [0.717, 1.165) is 41.1 Å². The van der Waals surface area contributed by atoms with Crippen LogP contribution in [0.5, 0.6) is 0 Å². The first-order valence-electron chi connectivity index (χ1n) is 9.73. The lowest BCUT2D eigenvalue weighted by molar-refractivity contribution is 0.0690. The lowest BCUT2D eigenvalue weighted by Crippen LogP contribution is -2.00. The van der Waals surface area contributed by atoms with E-state index in [-0.39, 0.29) is 12.3 Å². The van der Waals surface area contributed by atoms with Gasteiger partial charge in [0.05, 0.1) is 6.07 Å². The van der Waals surface area contributed by atoms with Crippen LogP contribution in [-0.4, -0.2) is 32.8 Å². The number of nitriles is 1. The number of nitrogens with zero attached hydrogens (tertiary/aromatic N) is 1. The van der Waals surface area contributed by atoms with E-state index in [2.05, 4.69) is 29.9 Å². The van der Waals surface area contributed by atoms with Gasteiger partial charge in [0, 0.05) is 35.7 Å². The summed E-state index contributed by atoms with van der Waals surface area (Å²) in [6, 6.07) is 2.16. The van der Waals surface area contributed by atoms with E-state index in [4.69, 9.17) is 5.26 Å². The van der Waals surface area contributed by atoms with Crippen LogP contribution in [0.1, 0.15) is 77.0 Å². The molecule has 0 spiro atoms. The van der Waals surface area contributed by atoms with Gasteiger partial charge in [-0.3, -0.25) is 0 Å². The Morgan fingerprint density at radius 1 is 1.14 bits per heavy atom. The molecular formula is C22H29N3O3. The maximum absolute atomic E-state index is 11.6. The van der Waals surface area contributed by atoms with Crippen molar-refractivity contribution in [3.05, 3.63) is 50.6 Å². The van der Waals surface area contributed by atoms with Crippen LogP contribution in [-0.2, 0) is 25.7 Å². The monoisotopic (exact) mass is 383 g/mol. The van der Waals surface area contributed by atoms with E-state index < -0.39 is 5.97 Å². The molecule has 0 atom stereocenters. The highest BCUT2D eigenvalue weighted by Crippen LogP contribution is 2.28. The summed E-state index contributed by atoms with van der Waals surface area (Å²) < 4.78 is 0. The fourth-order valence-corrected chi connectivity index (χ4v) is 3.84. The molecule has 28 heavy (non-hydrogen) atoms. The van der Waals surface area contributed by atoms with Gasteiger partial charge >= 0.3 is 5.97 Å². The van der Waals surface area contributed by atoms with Crippen LogP contribution in [0, 0.1) is 18.3 Å². The van der Waals surface area contributed by atoms with Gasteiger partial charge in [-0.05, 0) is 67.9 Å². The van der Waals surface area contributed by atoms with Crippen LogP contribution in [0.25, 0.3) is 6.08 Å². The lowest BCUT2D eigenvalue weighted by atomic mass is 9.98. The predicted molar refractivity (Wildman–Crippen MR) is 110 cm³/mol. The maximum Gasteiger partial charge on any atom is 0.352 e. The molecule has 0 amide bonds. The Kier molecular flexibility index (Phi) is 7.24. The van der Waals surface area contributed by atoms with Crippen molar-refractivity contribution in [1.29, 1.82) is 5.26 Å². The zero-order chi connectivity index (χ0) is 20.8. The molecule has 2 rings (SSSR count). The average Bonchev–Trinajstić information content (AvgIpc) is 3.16. The molecule has 0 bridgehead atoms. The van der Waals surface area contributed by atoms with Gasteiger partial charge in [-0.15, -0.1) is 0 Å². The SMILES string of the molecule is CCc1c(/C=C(/C)C#N)[nH]c(Cc2[nH]c(C(=O)O)c(C)c2CCCO)c1CC. The minimum absolute atomic E-state index is 0.0670. The number of aromatic carboxylic acids is 1. The summed E-state index contributed by atoms with van der Waals surface area (Å²) >= 11 is 0. The topological polar surface area (TPSA) is 113 Å². The van der Waals surface area contributed by atoms with E-state index in [1.165, 1.54) is 11.1 Å². The highest BCUT2D eigenvalue weighted by molar-refractivity contribution is 5.88. The van der Waals surface area contributed by atoms with Crippen LogP contribution in [0.15, 0.2) is 5.57 Å². The second-order valence-corrected chi connectivity index (χ2v) is 7.01. The van der Waals surface area contributed by atoms with Crippen LogP contribution < -0.4 is 0 Å². The molecular weight excluding hydrogens is 354 g/mol. The number of carboxylic acids is 1. The fraction of sp³-hybridized carbons (Fsp3) is 0.455. The normalized spacial score (nSPS) is 11.6. The maximum atomic E-state index is 11.6. The van der Waals surface area contributed by atoms with Crippen LogP contribution >= 0.6 is 0 Å². The highest BCUT2D eigenvalue weighted by Gasteiger charge is 2.21. The van der Waals surface area contributed by atoms with Crippen molar-refractivity contribution in [2.24, 2.45) is 0 Å². The van der Waals surface area contributed by atoms with Gasteiger partial charge in [-0.25, -0.2) is 4.79 Å². The second-order valence-electron chi connectivity index (χ2n) is 7.01. The Hall–Kier alpha value is -2.78. The van der Waals surface area contributed by atoms with Gasteiger partial charge in [-0.2, -0.15) is 5.26 Å². The molecule has 0 aromatic carbocycles. The number of hydrogen-bond acceptors (Lipinski definition) is 3. The average molecular weight is 383 g/mol. The first-order valence-corrected chi connectivity index (χ1v) is 9.73. The van der Waals surface area contributed by atoms with Crippen molar-refractivity contribution < 1.29 is 15.0 Å². The molecule has 0 aliphatic carbocycles. The van der Waals surface area contributed by atoms with Crippen LogP contribution in [0.3, 0.4) is 0 Å². The van der Waals surface area contributed by atoms with Crippen LogP contribution in [0.2, 0.25) is 0 Å². The molecule has 0 fully saturated rings. The zero-order valence-electron chi connectivity index (χ0n) is 17.1.